The van der Waals surface area contributed by atoms with E-state index in [0.29, 0.717) is 5.02 Å². The molecule has 0 N–H and O–H groups in total. The molecule has 0 spiro atoms. The van der Waals surface area contributed by atoms with Crippen molar-refractivity contribution in [2.24, 2.45) is 0 Å². The molecule has 1 heterocycles. The summed E-state index contributed by atoms with van der Waals surface area (Å²) >= 11 is 6.17. The monoisotopic (exact) mass is 416 g/mol. The van der Waals surface area contributed by atoms with Crippen molar-refractivity contribution in [3.05, 3.63) is 53.1 Å². The third-order valence-electron chi connectivity index (χ3n) is 5.51. The average molecular weight is 417 g/mol. The molecule has 0 atom stereocenters. The number of hydrogen-bond acceptors (Lipinski definition) is 4. The van der Waals surface area contributed by atoms with E-state index in [-0.39, 0.29) is 0 Å². The third-order valence-corrected chi connectivity index (χ3v) is 5.82. The Kier molecular flexibility index (Phi) is 8.51. The summed E-state index contributed by atoms with van der Waals surface area (Å²) < 4.78 is 11.3. The molecule has 0 aromatic heterocycles. The van der Waals surface area contributed by atoms with Crippen LogP contribution in [0.25, 0.3) is 0 Å². The lowest BCUT2D eigenvalue weighted by atomic mass is 10.1. The fourth-order valence-electron chi connectivity index (χ4n) is 3.80. The van der Waals surface area contributed by atoms with E-state index in [1.807, 2.05) is 30.3 Å². The van der Waals surface area contributed by atoms with Crippen LogP contribution in [0, 0.1) is 6.92 Å². The summed E-state index contributed by atoms with van der Waals surface area (Å²) in [5.41, 5.74) is 2.39. The van der Waals surface area contributed by atoms with Gasteiger partial charge in [-0.15, -0.1) is 0 Å². The van der Waals surface area contributed by atoms with Gasteiger partial charge >= 0.3 is 0 Å². The number of piperazine rings is 1. The van der Waals surface area contributed by atoms with Gasteiger partial charge in [-0.2, -0.15) is 0 Å². The number of aryl methyl sites for hydroxylation is 1. The van der Waals surface area contributed by atoms with E-state index in [0.717, 1.165) is 50.7 Å². The Bertz CT molecular complexity index is 760. The molecule has 158 valence electrons. The second-order valence-corrected chi connectivity index (χ2v) is 8.10. The largest absolute Gasteiger partial charge is 0.495 e. The lowest BCUT2D eigenvalue weighted by molar-refractivity contribution is 0.249. The van der Waals surface area contributed by atoms with Crippen LogP contribution in [-0.2, 0) is 0 Å². The molecule has 0 unspecified atom stereocenters. The quantitative estimate of drug-likeness (QED) is 0.483. The van der Waals surface area contributed by atoms with Crippen LogP contribution >= 0.6 is 11.6 Å². The Morgan fingerprint density at radius 3 is 2.45 bits per heavy atom. The molecule has 1 saturated heterocycles. The van der Waals surface area contributed by atoms with E-state index in [1.165, 1.54) is 37.1 Å². The summed E-state index contributed by atoms with van der Waals surface area (Å²) in [7, 11) is 1.75. The first-order valence-corrected chi connectivity index (χ1v) is 11.0. The average Bonchev–Trinajstić information content (AvgIpc) is 2.76. The van der Waals surface area contributed by atoms with Gasteiger partial charge in [0, 0.05) is 26.2 Å². The summed E-state index contributed by atoms with van der Waals surface area (Å²) in [5, 5.41) is 0.697. The second-order valence-electron chi connectivity index (χ2n) is 7.70. The van der Waals surface area contributed by atoms with E-state index in [1.54, 1.807) is 7.11 Å². The fraction of sp³-hybridized carbons (Fsp3) is 0.500. The van der Waals surface area contributed by atoms with Gasteiger partial charge in [0.1, 0.15) is 11.5 Å². The standard InChI is InChI=1S/C24H33ClN2O2/c1-20-11-12-21(25)24(19-20)29-18-8-4-3-7-13-26-14-16-27(17-15-26)22-9-5-6-10-23(22)28-2/h5-6,9-12,19H,3-4,7-8,13-18H2,1-2H3. The summed E-state index contributed by atoms with van der Waals surface area (Å²) in [6.45, 7) is 8.33. The zero-order chi connectivity index (χ0) is 20.5. The number of hydrogen-bond donors (Lipinski definition) is 0. The number of anilines is 1. The first-order valence-electron chi connectivity index (χ1n) is 10.7. The Hall–Kier alpha value is -1.91. The summed E-state index contributed by atoms with van der Waals surface area (Å²) in [6.07, 6.45) is 4.77. The predicted molar refractivity (Wildman–Crippen MR) is 122 cm³/mol. The van der Waals surface area contributed by atoms with Crippen LogP contribution in [0.2, 0.25) is 5.02 Å². The number of unbranched alkanes of at least 4 members (excludes halogenated alkanes) is 3. The molecular formula is C24H33ClN2O2. The Morgan fingerprint density at radius 2 is 1.66 bits per heavy atom. The normalized spacial score (nSPS) is 14.8. The minimum Gasteiger partial charge on any atom is -0.495 e. The van der Waals surface area contributed by atoms with Crippen LogP contribution in [0.1, 0.15) is 31.2 Å². The Morgan fingerprint density at radius 1 is 0.897 bits per heavy atom. The summed E-state index contributed by atoms with van der Waals surface area (Å²) in [6, 6.07) is 14.2. The predicted octanol–water partition coefficient (Wildman–Crippen LogP) is 5.42. The summed E-state index contributed by atoms with van der Waals surface area (Å²) in [4.78, 5) is 5.01. The molecule has 1 aliphatic rings. The minimum atomic E-state index is 0.697. The third kappa shape index (κ3) is 6.55. The van der Waals surface area contributed by atoms with E-state index in [9.17, 15) is 0 Å². The maximum atomic E-state index is 6.17. The molecule has 0 aliphatic carbocycles. The van der Waals surface area contributed by atoms with Crippen molar-refractivity contribution in [1.29, 1.82) is 0 Å². The first-order chi connectivity index (χ1) is 14.2. The number of para-hydroxylation sites is 2. The van der Waals surface area contributed by atoms with Crippen LogP contribution in [0.4, 0.5) is 5.69 Å². The molecule has 0 radical (unpaired) electrons. The fourth-order valence-corrected chi connectivity index (χ4v) is 3.97. The second kappa shape index (κ2) is 11.3. The highest BCUT2D eigenvalue weighted by atomic mass is 35.5. The van der Waals surface area contributed by atoms with Crippen molar-refractivity contribution in [2.45, 2.75) is 32.6 Å². The van der Waals surface area contributed by atoms with E-state index >= 15 is 0 Å². The Balaban J connectivity index is 1.27. The topological polar surface area (TPSA) is 24.9 Å². The maximum absolute atomic E-state index is 6.17. The summed E-state index contributed by atoms with van der Waals surface area (Å²) in [5.74, 6) is 1.77. The van der Waals surface area contributed by atoms with Crippen LogP contribution in [0.3, 0.4) is 0 Å². The molecular weight excluding hydrogens is 384 g/mol. The lowest BCUT2D eigenvalue weighted by Gasteiger charge is -2.36. The van der Waals surface area contributed by atoms with Crippen LogP contribution in [0.15, 0.2) is 42.5 Å². The maximum Gasteiger partial charge on any atom is 0.142 e. The molecule has 5 heteroatoms. The van der Waals surface area contributed by atoms with Gasteiger partial charge in [-0.25, -0.2) is 0 Å². The number of rotatable bonds is 10. The van der Waals surface area contributed by atoms with Crippen molar-refractivity contribution in [1.82, 2.24) is 4.90 Å². The number of benzene rings is 2. The zero-order valence-electron chi connectivity index (χ0n) is 17.7. The van der Waals surface area contributed by atoms with Gasteiger partial charge in [0.15, 0.2) is 0 Å². The molecule has 0 saturated carbocycles. The highest BCUT2D eigenvalue weighted by Gasteiger charge is 2.18. The van der Waals surface area contributed by atoms with Crippen LogP contribution in [-0.4, -0.2) is 51.3 Å². The molecule has 1 fully saturated rings. The van der Waals surface area contributed by atoms with E-state index in [4.69, 9.17) is 21.1 Å². The van der Waals surface area contributed by atoms with Crippen molar-refractivity contribution in [3.63, 3.8) is 0 Å². The van der Waals surface area contributed by atoms with Gasteiger partial charge in [0.2, 0.25) is 0 Å². The SMILES string of the molecule is COc1ccccc1N1CCN(CCCCCCOc2cc(C)ccc2Cl)CC1. The first kappa shape index (κ1) is 21.8. The number of nitrogens with zero attached hydrogens (tertiary/aromatic N) is 2. The number of methoxy groups -OCH3 is 1. The van der Waals surface area contributed by atoms with Crippen LogP contribution < -0.4 is 14.4 Å². The minimum absolute atomic E-state index is 0.697. The van der Waals surface area contributed by atoms with Crippen LogP contribution in [0.5, 0.6) is 11.5 Å². The zero-order valence-corrected chi connectivity index (χ0v) is 18.5. The van der Waals surface area contributed by atoms with Crippen molar-refractivity contribution in [3.8, 4) is 11.5 Å². The molecule has 29 heavy (non-hydrogen) atoms. The molecule has 0 amide bonds. The number of halogens is 1. The van der Waals surface area contributed by atoms with Gasteiger partial charge in [-0.1, -0.05) is 42.6 Å². The van der Waals surface area contributed by atoms with Gasteiger partial charge in [-0.05, 0) is 56.1 Å². The highest BCUT2D eigenvalue weighted by molar-refractivity contribution is 6.32. The molecule has 3 rings (SSSR count). The molecule has 0 bridgehead atoms. The van der Waals surface area contributed by atoms with Crippen molar-refractivity contribution in [2.75, 3.05) is 51.3 Å². The highest BCUT2D eigenvalue weighted by Crippen LogP contribution is 2.28. The smallest absolute Gasteiger partial charge is 0.142 e. The molecule has 2 aromatic carbocycles. The molecule has 1 aliphatic heterocycles. The molecule has 2 aromatic rings. The van der Waals surface area contributed by atoms with Gasteiger partial charge in [-0.3, -0.25) is 4.90 Å². The van der Waals surface area contributed by atoms with Crippen molar-refractivity contribution >= 4 is 17.3 Å². The number of ether oxygens (including phenoxy) is 2. The van der Waals surface area contributed by atoms with E-state index < -0.39 is 0 Å². The van der Waals surface area contributed by atoms with Crippen molar-refractivity contribution < 1.29 is 9.47 Å². The van der Waals surface area contributed by atoms with Gasteiger partial charge in [0.25, 0.3) is 0 Å². The van der Waals surface area contributed by atoms with Gasteiger partial charge in [0.05, 0.1) is 24.4 Å². The van der Waals surface area contributed by atoms with E-state index in [2.05, 4.69) is 28.9 Å². The molecule has 4 nitrogen and oxygen atoms in total. The Labute approximate surface area is 180 Å². The van der Waals surface area contributed by atoms with Gasteiger partial charge < -0.3 is 14.4 Å². The lowest BCUT2D eigenvalue weighted by Crippen LogP contribution is -2.46.